The quantitative estimate of drug-likeness (QED) is 0.368. The predicted octanol–water partition coefficient (Wildman–Crippen LogP) is 4.20. The number of aromatic amines is 2. The van der Waals surface area contributed by atoms with Crippen LogP contribution in [0.2, 0.25) is 0 Å². The van der Waals surface area contributed by atoms with Crippen molar-refractivity contribution in [3.63, 3.8) is 0 Å². The second-order valence-corrected chi connectivity index (χ2v) is 8.60. The van der Waals surface area contributed by atoms with Gasteiger partial charge in [-0.3, -0.25) is 4.90 Å². The van der Waals surface area contributed by atoms with Crippen molar-refractivity contribution in [1.82, 2.24) is 24.8 Å². The van der Waals surface area contributed by atoms with E-state index in [0.717, 1.165) is 72.3 Å². The van der Waals surface area contributed by atoms with E-state index in [9.17, 15) is 0 Å². The lowest BCUT2D eigenvalue weighted by atomic mass is 10.1. The van der Waals surface area contributed by atoms with Crippen molar-refractivity contribution in [3.8, 4) is 28.4 Å². The molecule has 1 aliphatic heterocycles. The van der Waals surface area contributed by atoms with Gasteiger partial charge in [-0.1, -0.05) is 6.07 Å². The average Bonchev–Trinajstić information content (AvgIpc) is 3.48. The fourth-order valence-electron chi connectivity index (χ4n) is 4.55. The van der Waals surface area contributed by atoms with Gasteiger partial charge in [0.2, 0.25) is 0 Å². The van der Waals surface area contributed by atoms with Crippen LogP contribution in [0.5, 0.6) is 5.75 Å². The molecule has 0 atom stereocenters. The normalized spacial score (nSPS) is 14.7. The van der Waals surface area contributed by atoms with Crippen LogP contribution in [0, 0.1) is 0 Å². The number of aromatic nitrogens is 4. The summed E-state index contributed by atoms with van der Waals surface area (Å²) < 4.78 is 10.7. The van der Waals surface area contributed by atoms with Crippen LogP contribution >= 0.6 is 0 Å². The number of anilines is 1. The molecule has 34 heavy (non-hydrogen) atoms. The molecule has 8 nitrogen and oxygen atoms in total. The standard InChI is InChI=1S/C26H26N6O2/c1-33-19-5-3-17(4-6-19)25-30-24-20(14-23(27)29-26(24)31-25)22-13-18-12-16(2-7-21(18)28-22)15-32-8-10-34-11-9-32/h2-7,12-14,28H,8-11,15H2,1H3,(H3,27,29,30,31). The number of morpholine rings is 1. The smallest absolute Gasteiger partial charge is 0.180 e. The Balaban J connectivity index is 1.37. The zero-order valence-corrected chi connectivity index (χ0v) is 19.0. The van der Waals surface area contributed by atoms with Crippen molar-refractivity contribution in [3.05, 3.63) is 60.2 Å². The van der Waals surface area contributed by atoms with E-state index in [0.29, 0.717) is 11.5 Å². The Bertz CT molecular complexity index is 1460. The van der Waals surface area contributed by atoms with E-state index < -0.39 is 0 Å². The fraction of sp³-hybridized carbons (Fsp3) is 0.231. The first kappa shape index (κ1) is 20.7. The number of ether oxygens (including phenoxy) is 2. The van der Waals surface area contributed by atoms with E-state index in [1.807, 2.05) is 30.3 Å². The highest BCUT2D eigenvalue weighted by Gasteiger charge is 2.16. The number of nitrogens with one attached hydrogen (secondary N) is 2. The maximum absolute atomic E-state index is 6.16. The third-order valence-electron chi connectivity index (χ3n) is 6.33. The second-order valence-electron chi connectivity index (χ2n) is 8.60. The van der Waals surface area contributed by atoms with Crippen molar-refractivity contribution >= 4 is 27.9 Å². The Morgan fingerprint density at radius 1 is 1.00 bits per heavy atom. The number of nitrogens with two attached hydrogens (primary N) is 1. The van der Waals surface area contributed by atoms with Crippen LogP contribution in [0.15, 0.2) is 54.6 Å². The number of rotatable bonds is 5. The van der Waals surface area contributed by atoms with E-state index in [1.54, 1.807) is 7.11 Å². The van der Waals surface area contributed by atoms with Crippen molar-refractivity contribution in [2.24, 2.45) is 0 Å². The van der Waals surface area contributed by atoms with E-state index >= 15 is 0 Å². The first-order chi connectivity index (χ1) is 16.7. The molecule has 0 unspecified atom stereocenters. The summed E-state index contributed by atoms with van der Waals surface area (Å²) in [5, 5.41) is 1.17. The van der Waals surface area contributed by atoms with Crippen LogP contribution < -0.4 is 10.5 Å². The summed E-state index contributed by atoms with van der Waals surface area (Å²) in [6.45, 7) is 4.48. The van der Waals surface area contributed by atoms with Gasteiger partial charge in [-0.2, -0.15) is 0 Å². The number of imidazole rings is 1. The molecule has 2 aromatic carbocycles. The minimum absolute atomic E-state index is 0.432. The van der Waals surface area contributed by atoms with Crippen LogP contribution in [0.1, 0.15) is 5.56 Å². The number of nitrogens with zero attached hydrogens (tertiary/aromatic N) is 3. The zero-order chi connectivity index (χ0) is 23.1. The maximum atomic E-state index is 6.16. The third kappa shape index (κ3) is 3.87. The second kappa shape index (κ2) is 8.48. The van der Waals surface area contributed by atoms with Gasteiger partial charge in [0.1, 0.15) is 17.4 Å². The van der Waals surface area contributed by atoms with Crippen LogP contribution in [-0.4, -0.2) is 58.2 Å². The number of methoxy groups -OCH3 is 1. The average molecular weight is 455 g/mol. The van der Waals surface area contributed by atoms with Crippen molar-refractivity contribution in [2.75, 3.05) is 39.1 Å². The van der Waals surface area contributed by atoms with Gasteiger partial charge < -0.3 is 25.2 Å². The SMILES string of the molecule is COc1ccc(-c2nc3nc(N)cc(-c4cc5cc(CN6CCOCC6)ccc5[nH]4)c3[nH]2)cc1. The van der Waals surface area contributed by atoms with Gasteiger partial charge in [-0.15, -0.1) is 0 Å². The lowest BCUT2D eigenvalue weighted by molar-refractivity contribution is 0.0342. The Kier molecular flexibility index (Phi) is 5.16. The molecule has 5 aromatic rings. The van der Waals surface area contributed by atoms with Crippen LogP contribution in [0.4, 0.5) is 5.82 Å². The van der Waals surface area contributed by atoms with Gasteiger partial charge in [-0.05, 0) is 54.1 Å². The first-order valence-corrected chi connectivity index (χ1v) is 11.4. The van der Waals surface area contributed by atoms with Crippen molar-refractivity contribution in [1.29, 1.82) is 0 Å². The summed E-state index contributed by atoms with van der Waals surface area (Å²) >= 11 is 0. The van der Waals surface area contributed by atoms with Crippen LogP contribution in [-0.2, 0) is 11.3 Å². The number of pyridine rings is 1. The summed E-state index contributed by atoms with van der Waals surface area (Å²) in [6, 6.07) is 18.4. The van der Waals surface area contributed by atoms with Gasteiger partial charge in [0.25, 0.3) is 0 Å². The summed E-state index contributed by atoms with van der Waals surface area (Å²) in [5.74, 6) is 1.97. The molecule has 0 aliphatic carbocycles. The molecule has 8 heteroatoms. The molecule has 0 saturated carbocycles. The van der Waals surface area contributed by atoms with Gasteiger partial charge in [-0.25, -0.2) is 9.97 Å². The number of hydrogen-bond acceptors (Lipinski definition) is 6. The molecule has 1 aliphatic rings. The summed E-state index contributed by atoms with van der Waals surface area (Å²) in [5.41, 5.74) is 12.8. The molecular weight excluding hydrogens is 428 g/mol. The molecule has 0 spiro atoms. The van der Waals surface area contributed by atoms with Gasteiger partial charge >= 0.3 is 0 Å². The summed E-state index contributed by atoms with van der Waals surface area (Å²) in [7, 11) is 1.65. The Morgan fingerprint density at radius 2 is 1.82 bits per heavy atom. The number of benzene rings is 2. The van der Waals surface area contributed by atoms with Gasteiger partial charge in [0.05, 0.1) is 25.8 Å². The Morgan fingerprint density at radius 3 is 2.62 bits per heavy atom. The highest BCUT2D eigenvalue weighted by Crippen LogP contribution is 2.32. The van der Waals surface area contributed by atoms with E-state index in [2.05, 4.69) is 44.1 Å². The largest absolute Gasteiger partial charge is 0.497 e. The number of hydrogen-bond donors (Lipinski definition) is 3. The molecule has 172 valence electrons. The third-order valence-corrected chi connectivity index (χ3v) is 6.33. The van der Waals surface area contributed by atoms with E-state index in [4.69, 9.17) is 20.2 Å². The lowest BCUT2D eigenvalue weighted by Crippen LogP contribution is -2.35. The molecule has 0 amide bonds. The Hall–Kier alpha value is -3.88. The maximum Gasteiger partial charge on any atom is 0.180 e. The molecular formula is C26H26N6O2. The topological polar surface area (TPSA) is 105 Å². The minimum Gasteiger partial charge on any atom is -0.497 e. The molecule has 1 saturated heterocycles. The van der Waals surface area contributed by atoms with Crippen molar-refractivity contribution in [2.45, 2.75) is 6.54 Å². The van der Waals surface area contributed by atoms with Gasteiger partial charge in [0, 0.05) is 47.4 Å². The highest BCUT2D eigenvalue weighted by molar-refractivity contribution is 5.96. The highest BCUT2D eigenvalue weighted by atomic mass is 16.5. The minimum atomic E-state index is 0.432. The number of H-pyrrole nitrogens is 2. The predicted molar refractivity (Wildman–Crippen MR) is 134 cm³/mol. The molecule has 0 bridgehead atoms. The first-order valence-electron chi connectivity index (χ1n) is 11.4. The molecule has 0 radical (unpaired) electrons. The molecule has 3 aromatic heterocycles. The van der Waals surface area contributed by atoms with Gasteiger partial charge in [0.15, 0.2) is 5.65 Å². The monoisotopic (exact) mass is 454 g/mol. The van der Waals surface area contributed by atoms with E-state index in [1.165, 1.54) is 10.9 Å². The van der Waals surface area contributed by atoms with Crippen LogP contribution in [0.25, 0.3) is 44.7 Å². The van der Waals surface area contributed by atoms with Crippen molar-refractivity contribution < 1.29 is 9.47 Å². The lowest BCUT2D eigenvalue weighted by Gasteiger charge is -2.26. The fourth-order valence-corrected chi connectivity index (χ4v) is 4.55. The van der Waals surface area contributed by atoms with E-state index in [-0.39, 0.29) is 0 Å². The number of nitrogen functional groups attached to an aromatic ring is 1. The molecule has 4 N–H and O–H groups in total. The number of fused-ring (bicyclic) bond motifs is 2. The van der Waals surface area contributed by atoms with Crippen LogP contribution in [0.3, 0.4) is 0 Å². The zero-order valence-electron chi connectivity index (χ0n) is 19.0. The molecule has 6 rings (SSSR count). The molecule has 4 heterocycles. The molecule has 1 fully saturated rings. The Labute approximate surface area is 196 Å². The summed E-state index contributed by atoms with van der Waals surface area (Å²) in [4.78, 5) is 18.6. The summed E-state index contributed by atoms with van der Waals surface area (Å²) in [6.07, 6.45) is 0.